The number of benzene rings is 2. The number of hydrogen-bond acceptors (Lipinski definition) is 3. The van der Waals surface area contributed by atoms with Crippen molar-refractivity contribution < 1.29 is 23.8 Å². The maximum atomic E-state index is 14.0. The summed E-state index contributed by atoms with van der Waals surface area (Å²) in [5.74, 6) is 0.0867. The second-order valence-electron chi connectivity index (χ2n) is 8.04. The van der Waals surface area contributed by atoms with Crippen molar-refractivity contribution in [1.29, 1.82) is 0 Å². The molecule has 2 aliphatic rings. The second kappa shape index (κ2) is 6.55. The molecule has 1 unspecified atom stereocenters. The van der Waals surface area contributed by atoms with E-state index in [1.165, 1.54) is 6.07 Å². The number of carboxylic acids is 1. The van der Waals surface area contributed by atoms with Crippen LogP contribution in [0.5, 0.6) is 11.5 Å². The minimum absolute atomic E-state index is 0.0892. The van der Waals surface area contributed by atoms with Crippen LogP contribution in [0.3, 0.4) is 0 Å². The van der Waals surface area contributed by atoms with E-state index in [1.54, 1.807) is 6.07 Å². The molecule has 0 saturated carbocycles. The molecule has 1 atom stereocenters. The third-order valence-electron chi connectivity index (χ3n) is 5.42. The van der Waals surface area contributed by atoms with Gasteiger partial charge in [-0.15, -0.1) is 0 Å². The highest BCUT2D eigenvalue weighted by molar-refractivity contribution is 5.68. The van der Waals surface area contributed by atoms with Crippen LogP contribution < -0.4 is 9.47 Å². The third-order valence-corrected chi connectivity index (χ3v) is 5.42. The Hall–Kier alpha value is -2.56. The number of fused-ring (bicyclic) bond motifs is 2. The first-order chi connectivity index (χ1) is 12.8. The van der Waals surface area contributed by atoms with Crippen LogP contribution >= 0.6 is 0 Å². The molecule has 2 aromatic carbocycles. The second-order valence-corrected chi connectivity index (χ2v) is 8.04. The van der Waals surface area contributed by atoms with E-state index >= 15 is 0 Å². The number of aliphatic carboxylic acids is 1. The lowest BCUT2D eigenvalue weighted by Gasteiger charge is -2.16. The van der Waals surface area contributed by atoms with Crippen LogP contribution in [0.4, 0.5) is 4.39 Å². The van der Waals surface area contributed by atoms with E-state index < -0.39 is 11.6 Å². The van der Waals surface area contributed by atoms with Crippen molar-refractivity contribution in [1.82, 2.24) is 0 Å². The molecule has 5 heteroatoms. The van der Waals surface area contributed by atoms with Crippen LogP contribution in [0.25, 0.3) is 0 Å². The summed E-state index contributed by atoms with van der Waals surface area (Å²) in [4.78, 5) is 11.0. The summed E-state index contributed by atoms with van der Waals surface area (Å²) >= 11 is 0. The zero-order valence-corrected chi connectivity index (χ0v) is 15.5. The molecule has 142 valence electrons. The molecule has 0 fully saturated rings. The highest BCUT2D eigenvalue weighted by Crippen LogP contribution is 2.40. The Balaban J connectivity index is 1.50. The monoisotopic (exact) mass is 370 g/mol. The van der Waals surface area contributed by atoms with E-state index in [-0.39, 0.29) is 18.2 Å². The lowest BCUT2D eigenvalue weighted by molar-refractivity contribution is -0.137. The fraction of sp³-hybridized carbons (Fsp3) is 0.409. The molecular formula is C22H23FO4. The van der Waals surface area contributed by atoms with E-state index in [1.807, 2.05) is 32.0 Å². The Morgan fingerprint density at radius 1 is 1.33 bits per heavy atom. The fourth-order valence-electron chi connectivity index (χ4n) is 4.17. The molecule has 0 bridgehead atoms. The van der Waals surface area contributed by atoms with E-state index in [9.17, 15) is 9.18 Å². The van der Waals surface area contributed by atoms with E-state index in [4.69, 9.17) is 14.6 Å². The molecule has 1 aliphatic heterocycles. The first kappa shape index (κ1) is 17.8. The summed E-state index contributed by atoms with van der Waals surface area (Å²) in [6, 6.07) is 9.06. The number of hydrogen-bond donors (Lipinski definition) is 1. The normalized spacial score (nSPS) is 19.3. The zero-order valence-electron chi connectivity index (χ0n) is 15.5. The lowest BCUT2D eigenvalue weighted by atomic mass is 9.97. The van der Waals surface area contributed by atoms with Gasteiger partial charge in [-0.2, -0.15) is 0 Å². The molecule has 1 N–H and O–H groups in total. The van der Waals surface area contributed by atoms with Gasteiger partial charge in [-0.3, -0.25) is 4.79 Å². The number of carbonyl (C=O) groups is 1. The van der Waals surface area contributed by atoms with Gasteiger partial charge in [0.1, 0.15) is 18.0 Å². The van der Waals surface area contributed by atoms with E-state index in [0.717, 1.165) is 40.8 Å². The molecule has 0 radical (unpaired) electrons. The largest absolute Gasteiger partial charge is 0.489 e. The van der Waals surface area contributed by atoms with Crippen LogP contribution in [0.2, 0.25) is 0 Å². The fourth-order valence-corrected chi connectivity index (χ4v) is 4.17. The maximum Gasteiger partial charge on any atom is 0.303 e. The number of carboxylic acid groups (broad SMARTS) is 1. The summed E-state index contributed by atoms with van der Waals surface area (Å²) in [6.07, 6.45) is 2.56. The lowest BCUT2D eigenvalue weighted by Crippen LogP contribution is -2.25. The van der Waals surface area contributed by atoms with Crippen molar-refractivity contribution in [3.8, 4) is 11.5 Å². The van der Waals surface area contributed by atoms with Crippen molar-refractivity contribution in [3.63, 3.8) is 0 Å². The Kier molecular flexibility index (Phi) is 4.33. The third kappa shape index (κ3) is 3.51. The van der Waals surface area contributed by atoms with Gasteiger partial charge in [-0.25, -0.2) is 4.39 Å². The Labute approximate surface area is 157 Å². The van der Waals surface area contributed by atoms with Gasteiger partial charge in [0.05, 0.1) is 6.42 Å². The van der Waals surface area contributed by atoms with Gasteiger partial charge in [0, 0.05) is 12.0 Å². The molecule has 2 aromatic rings. The summed E-state index contributed by atoms with van der Waals surface area (Å²) in [5.41, 5.74) is 3.67. The quantitative estimate of drug-likeness (QED) is 0.834. The highest BCUT2D eigenvalue weighted by Gasteiger charge is 2.34. The predicted molar refractivity (Wildman–Crippen MR) is 98.9 cm³/mol. The SMILES string of the molecule is CC1(C)Cc2c(COc3ccc4c(c3)CCC4CC(=O)O)ccc(F)c2O1. The predicted octanol–water partition coefficient (Wildman–Crippen LogP) is 4.62. The summed E-state index contributed by atoms with van der Waals surface area (Å²) < 4.78 is 25.8. The van der Waals surface area contributed by atoms with Crippen molar-refractivity contribution in [2.45, 2.75) is 57.7 Å². The minimum atomic E-state index is -0.761. The zero-order chi connectivity index (χ0) is 19.2. The van der Waals surface area contributed by atoms with Gasteiger partial charge in [0.2, 0.25) is 0 Å². The van der Waals surface area contributed by atoms with Crippen LogP contribution in [0.15, 0.2) is 30.3 Å². The standard InChI is InChI=1S/C22H23FO4/c1-22(2)11-18-15(5-8-19(23)21(18)27-22)12-26-16-6-7-17-13(9-16)3-4-14(17)10-20(24)25/h5-9,14H,3-4,10-12H2,1-2H3,(H,24,25). The number of rotatable bonds is 5. The smallest absolute Gasteiger partial charge is 0.303 e. The molecule has 1 heterocycles. The number of ether oxygens (including phenoxy) is 2. The van der Waals surface area contributed by atoms with Gasteiger partial charge in [0.15, 0.2) is 11.6 Å². The van der Waals surface area contributed by atoms with Crippen molar-refractivity contribution >= 4 is 5.97 Å². The molecule has 1 aliphatic carbocycles. The topological polar surface area (TPSA) is 55.8 Å². The van der Waals surface area contributed by atoms with Crippen LogP contribution in [0, 0.1) is 5.82 Å². The van der Waals surface area contributed by atoms with Gasteiger partial charge >= 0.3 is 5.97 Å². The number of aryl methyl sites for hydroxylation is 1. The summed E-state index contributed by atoms with van der Waals surface area (Å²) in [5, 5.41) is 9.04. The first-order valence-corrected chi connectivity index (χ1v) is 9.29. The molecule has 4 nitrogen and oxygen atoms in total. The number of halogens is 1. The molecule has 4 rings (SSSR count). The van der Waals surface area contributed by atoms with Crippen LogP contribution in [-0.4, -0.2) is 16.7 Å². The molecule has 27 heavy (non-hydrogen) atoms. The van der Waals surface area contributed by atoms with Crippen molar-refractivity contribution in [3.05, 3.63) is 58.4 Å². The highest BCUT2D eigenvalue weighted by atomic mass is 19.1. The van der Waals surface area contributed by atoms with Gasteiger partial charge in [-0.1, -0.05) is 12.1 Å². The molecule has 0 spiro atoms. The Morgan fingerprint density at radius 2 is 2.15 bits per heavy atom. The average Bonchev–Trinajstić information content (AvgIpc) is 3.14. The van der Waals surface area contributed by atoms with Gasteiger partial charge in [-0.05, 0) is 67.5 Å². The Bertz CT molecular complexity index is 903. The molecule has 0 aromatic heterocycles. The van der Waals surface area contributed by atoms with E-state index in [2.05, 4.69) is 0 Å². The molecular weight excluding hydrogens is 347 g/mol. The van der Waals surface area contributed by atoms with Crippen LogP contribution in [0.1, 0.15) is 54.9 Å². The molecule has 0 saturated heterocycles. The Morgan fingerprint density at radius 3 is 2.93 bits per heavy atom. The summed E-state index contributed by atoms with van der Waals surface area (Å²) in [6.45, 7) is 4.25. The van der Waals surface area contributed by atoms with Gasteiger partial charge in [0.25, 0.3) is 0 Å². The minimum Gasteiger partial charge on any atom is -0.489 e. The maximum absolute atomic E-state index is 14.0. The summed E-state index contributed by atoms with van der Waals surface area (Å²) in [7, 11) is 0. The first-order valence-electron chi connectivity index (χ1n) is 9.29. The average molecular weight is 370 g/mol. The van der Waals surface area contributed by atoms with Gasteiger partial charge < -0.3 is 14.6 Å². The van der Waals surface area contributed by atoms with Crippen molar-refractivity contribution in [2.24, 2.45) is 0 Å². The van der Waals surface area contributed by atoms with E-state index in [0.29, 0.717) is 18.8 Å². The van der Waals surface area contributed by atoms with Crippen molar-refractivity contribution in [2.75, 3.05) is 0 Å². The molecule has 0 amide bonds. The van der Waals surface area contributed by atoms with Crippen LogP contribution in [-0.2, 0) is 24.2 Å².